The average molecular weight is 326 g/mol. The van der Waals surface area contributed by atoms with Crippen molar-refractivity contribution in [3.8, 4) is 0 Å². The van der Waals surface area contributed by atoms with Crippen LogP contribution in [-0.2, 0) is 23.0 Å². The van der Waals surface area contributed by atoms with Crippen molar-refractivity contribution in [3.63, 3.8) is 0 Å². The molecule has 0 aliphatic heterocycles. The lowest BCUT2D eigenvalue weighted by molar-refractivity contribution is 0.0696. The van der Waals surface area contributed by atoms with Gasteiger partial charge in [0.25, 0.3) is 0 Å². The van der Waals surface area contributed by atoms with E-state index in [0.29, 0.717) is 17.7 Å². The molecule has 0 aliphatic carbocycles. The Labute approximate surface area is 126 Å². The average Bonchev–Trinajstić information content (AvgIpc) is 2.98. The van der Waals surface area contributed by atoms with Crippen LogP contribution < -0.4 is 4.72 Å². The van der Waals surface area contributed by atoms with Gasteiger partial charge in [-0.2, -0.15) is 0 Å². The Morgan fingerprint density at radius 2 is 2.19 bits per heavy atom. The summed E-state index contributed by atoms with van der Waals surface area (Å²) in [5, 5.41) is 10.7. The number of sulfonamides is 1. The van der Waals surface area contributed by atoms with Gasteiger partial charge in [0.1, 0.15) is 0 Å². The molecular weight excluding hydrogens is 312 g/mol. The first-order chi connectivity index (χ1) is 9.94. The molecule has 1 aromatic heterocycles. The molecule has 0 fully saturated rings. The third kappa shape index (κ3) is 3.66. The van der Waals surface area contributed by atoms with Crippen LogP contribution in [0.5, 0.6) is 0 Å². The Balaban J connectivity index is 2.33. The van der Waals surface area contributed by atoms with Crippen LogP contribution in [0.15, 0.2) is 34.0 Å². The number of aromatic nitrogens is 1. The summed E-state index contributed by atoms with van der Waals surface area (Å²) in [6, 6.07) is 4.12. The van der Waals surface area contributed by atoms with Gasteiger partial charge in [-0.15, -0.1) is 11.3 Å². The fourth-order valence-electron chi connectivity index (χ4n) is 1.80. The van der Waals surface area contributed by atoms with Gasteiger partial charge in [0.05, 0.1) is 28.2 Å². The lowest BCUT2D eigenvalue weighted by Crippen LogP contribution is -2.24. The lowest BCUT2D eigenvalue weighted by Gasteiger charge is -2.11. The number of nitrogens with zero attached hydrogens (tertiary/aromatic N) is 1. The number of thiazole rings is 1. The maximum atomic E-state index is 12.4. The molecule has 21 heavy (non-hydrogen) atoms. The van der Waals surface area contributed by atoms with Crippen LogP contribution in [0.4, 0.5) is 0 Å². The van der Waals surface area contributed by atoms with Crippen molar-refractivity contribution >= 4 is 27.3 Å². The van der Waals surface area contributed by atoms with E-state index in [4.69, 9.17) is 5.11 Å². The standard InChI is InChI=1S/C13H14N2O4S2/c1-2-9-3-4-10(13(16)17)5-12(9)21(18,19)15-6-11-7-20-8-14-11/h3-5,7-8,15H,2,6H2,1H3,(H,16,17). The number of nitrogens with one attached hydrogen (secondary N) is 1. The van der Waals surface area contributed by atoms with Gasteiger partial charge in [-0.3, -0.25) is 0 Å². The summed E-state index contributed by atoms with van der Waals surface area (Å²) in [6.07, 6.45) is 0.493. The fourth-order valence-corrected chi connectivity index (χ4v) is 3.69. The molecule has 6 nitrogen and oxygen atoms in total. The third-order valence-corrected chi connectivity index (χ3v) is 5.03. The second kappa shape index (κ2) is 6.33. The Bertz CT molecular complexity index is 740. The topological polar surface area (TPSA) is 96.4 Å². The predicted octanol–water partition coefficient (Wildman–Crippen LogP) is 1.88. The highest BCUT2D eigenvalue weighted by molar-refractivity contribution is 7.89. The van der Waals surface area contributed by atoms with E-state index in [9.17, 15) is 13.2 Å². The summed E-state index contributed by atoms with van der Waals surface area (Å²) in [7, 11) is -3.78. The summed E-state index contributed by atoms with van der Waals surface area (Å²) >= 11 is 1.38. The van der Waals surface area contributed by atoms with Crippen LogP contribution in [0, 0.1) is 0 Å². The van der Waals surface area contributed by atoms with Gasteiger partial charge in [0.2, 0.25) is 10.0 Å². The predicted molar refractivity (Wildman–Crippen MR) is 78.9 cm³/mol. The number of hydrogen-bond acceptors (Lipinski definition) is 5. The molecule has 0 atom stereocenters. The minimum atomic E-state index is -3.78. The minimum absolute atomic E-state index is 0.000120. The maximum absolute atomic E-state index is 12.4. The first kappa shape index (κ1) is 15.6. The van der Waals surface area contributed by atoms with Crippen LogP contribution >= 0.6 is 11.3 Å². The molecule has 0 unspecified atom stereocenters. The number of aryl methyl sites for hydroxylation is 1. The van der Waals surface area contributed by atoms with E-state index in [1.54, 1.807) is 10.9 Å². The molecule has 0 spiro atoms. The number of carboxylic acid groups (broad SMARTS) is 1. The van der Waals surface area contributed by atoms with Gasteiger partial charge in [0.15, 0.2) is 0 Å². The highest BCUT2D eigenvalue weighted by Crippen LogP contribution is 2.19. The second-order valence-electron chi connectivity index (χ2n) is 4.29. The number of benzene rings is 1. The van der Waals surface area contributed by atoms with Crippen molar-refractivity contribution in [2.45, 2.75) is 24.8 Å². The smallest absolute Gasteiger partial charge is 0.335 e. The van der Waals surface area contributed by atoms with E-state index in [1.807, 2.05) is 6.92 Å². The van der Waals surface area contributed by atoms with Crippen LogP contribution in [0.1, 0.15) is 28.5 Å². The van der Waals surface area contributed by atoms with Gasteiger partial charge in [0, 0.05) is 5.38 Å². The Hall–Kier alpha value is -1.77. The number of carbonyl (C=O) groups is 1. The zero-order valence-electron chi connectivity index (χ0n) is 11.2. The van der Waals surface area contributed by atoms with Crippen molar-refractivity contribution in [1.82, 2.24) is 9.71 Å². The largest absolute Gasteiger partial charge is 0.478 e. The van der Waals surface area contributed by atoms with E-state index in [1.165, 1.54) is 29.5 Å². The van der Waals surface area contributed by atoms with Crippen molar-refractivity contribution < 1.29 is 18.3 Å². The molecule has 2 N–H and O–H groups in total. The number of aromatic carboxylic acids is 1. The normalized spacial score (nSPS) is 11.5. The molecule has 1 heterocycles. The molecule has 0 saturated carbocycles. The molecule has 2 rings (SSSR count). The highest BCUT2D eigenvalue weighted by atomic mass is 32.2. The molecule has 1 aromatic carbocycles. The first-order valence-corrected chi connectivity index (χ1v) is 8.59. The molecule has 8 heteroatoms. The first-order valence-electron chi connectivity index (χ1n) is 6.17. The summed E-state index contributed by atoms with van der Waals surface area (Å²) < 4.78 is 27.1. The number of carboxylic acids is 1. The van der Waals surface area contributed by atoms with Crippen molar-refractivity contribution in [2.24, 2.45) is 0 Å². The Morgan fingerprint density at radius 1 is 1.43 bits per heavy atom. The molecule has 0 aliphatic rings. The van der Waals surface area contributed by atoms with Crippen LogP contribution in [-0.4, -0.2) is 24.5 Å². The van der Waals surface area contributed by atoms with Gasteiger partial charge in [-0.1, -0.05) is 13.0 Å². The van der Waals surface area contributed by atoms with E-state index in [2.05, 4.69) is 9.71 Å². The lowest BCUT2D eigenvalue weighted by atomic mass is 10.1. The zero-order valence-corrected chi connectivity index (χ0v) is 12.9. The zero-order chi connectivity index (χ0) is 15.5. The SMILES string of the molecule is CCc1ccc(C(=O)O)cc1S(=O)(=O)NCc1cscn1. The maximum Gasteiger partial charge on any atom is 0.335 e. The fraction of sp³-hybridized carbons (Fsp3) is 0.231. The van der Waals surface area contributed by atoms with Crippen molar-refractivity contribution in [3.05, 3.63) is 45.9 Å². The molecule has 2 aromatic rings. The van der Waals surface area contributed by atoms with Crippen LogP contribution in [0.2, 0.25) is 0 Å². The van der Waals surface area contributed by atoms with Crippen LogP contribution in [0.25, 0.3) is 0 Å². The molecule has 0 saturated heterocycles. The monoisotopic (exact) mass is 326 g/mol. The van der Waals surface area contributed by atoms with E-state index >= 15 is 0 Å². The third-order valence-electron chi connectivity index (χ3n) is 2.91. The molecular formula is C13H14N2O4S2. The second-order valence-corrected chi connectivity index (χ2v) is 6.74. The molecule has 0 radical (unpaired) electrons. The van der Waals surface area contributed by atoms with E-state index < -0.39 is 16.0 Å². The van der Waals surface area contributed by atoms with E-state index in [-0.39, 0.29) is 17.0 Å². The van der Waals surface area contributed by atoms with Crippen molar-refractivity contribution in [2.75, 3.05) is 0 Å². The molecule has 0 bridgehead atoms. The van der Waals surface area contributed by atoms with Gasteiger partial charge >= 0.3 is 5.97 Å². The molecule has 0 amide bonds. The van der Waals surface area contributed by atoms with Crippen LogP contribution in [0.3, 0.4) is 0 Å². The number of rotatable bonds is 6. The van der Waals surface area contributed by atoms with Gasteiger partial charge in [-0.05, 0) is 24.1 Å². The Morgan fingerprint density at radius 3 is 2.76 bits per heavy atom. The van der Waals surface area contributed by atoms with E-state index in [0.717, 1.165) is 0 Å². The summed E-state index contributed by atoms with van der Waals surface area (Å²) in [6.45, 7) is 1.89. The summed E-state index contributed by atoms with van der Waals surface area (Å²) in [5.41, 5.74) is 2.76. The minimum Gasteiger partial charge on any atom is -0.478 e. The molecule has 112 valence electrons. The quantitative estimate of drug-likeness (QED) is 0.845. The highest BCUT2D eigenvalue weighted by Gasteiger charge is 2.20. The van der Waals surface area contributed by atoms with Gasteiger partial charge < -0.3 is 5.11 Å². The Kier molecular flexibility index (Phi) is 4.71. The van der Waals surface area contributed by atoms with Gasteiger partial charge in [-0.25, -0.2) is 22.9 Å². The van der Waals surface area contributed by atoms with Crippen molar-refractivity contribution in [1.29, 1.82) is 0 Å². The summed E-state index contributed by atoms with van der Waals surface area (Å²) in [4.78, 5) is 15.0. The number of hydrogen-bond donors (Lipinski definition) is 2. The summed E-state index contributed by atoms with van der Waals surface area (Å²) in [5.74, 6) is -1.16.